The van der Waals surface area contributed by atoms with Gasteiger partial charge in [0.25, 0.3) is 10.0 Å². The molecular weight excluding hydrogens is 360 g/mol. The van der Waals surface area contributed by atoms with Crippen molar-refractivity contribution in [1.29, 1.82) is 0 Å². The molecule has 1 fully saturated rings. The number of aliphatic carboxylic acids is 1. The SMILES string of the molecule is Cn1nnc(Br)c1S(=O)(=O)N1CCSCC1C(=O)O. The van der Waals surface area contributed by atoms with Crippen LogP contribution in [0.3, 0.4) is 0 Å². The van der Waals surface area contributed by atoms with Gasteiger partial charge >= 0.3 is 5.97 Å². The van der Waals surface area contributed by atoms with Crippen LogP contribution in [0, 0.1) is 0 Å². The van der Waals surface area contributed by atoms with Gasteiger partial charge in [-0.25, -0.2) is 13.1 Å². The molecule has 1 aromatic rings. The van der Waals surface area contributed by atoms with Crippen LogP contribution in [0.4, 0.5) is 0 Å². The number of hydrogen-bond acceptors (Lipinski definition) is 6. The third kappa shape index (κ3) is 2.64. The Kier molecular flexibility index (Phi) is 4.18. The molecular formula is C8H11BrN4O4S2. The van der Waals surface area contributed by atoms with E-state index in [1.165, 1.54) is 18.8 Å². The molecule has 0 radical (unpaired) electrons. The van der Waals surface area contributed by atoms with Gasteiger partial charge in [0, 0.05) is 25.1 Å². The van der Waals surface area contributed by atoms with E-state index >= 15 is 0 Å². The molecule has 1 aromatic heterocycles. The van der Waals surface area contributed by atoms with Gasteiger partial charge in [-0.05, 0) is 15.9 Å². The van der Waals surface area contributed by atoms with Crippen LogP contribution in [-0.4, -0.2) is 62.9 Å². The average molecular weight is 371 g/mol. The molecule has 1 N–H and O–H groups in total. The molecule has 1 aliphatic rings. The lowest BCUT2D eigenvalue weighted by Crippen LogP contribution is -2.50. The second-order valence-corrected chi connectivity index (χ2v) is 7.56. The third-order valence-corrected chi connectivity index (χ3v) is 6.47. The lowest BCUT2D eigenvalue weighted by Gasteiger charge is -2.31. The average Bonchev–Trinajstić information content (AvgIpc) is 2.69. The molecule has 11 heteroatoms. The van der Waals surface area contributed by atoms with Gasteiger partial charge in [-0.2, -0.15) is 16.1 Å². The molecule has 1 atom stereocenters. The van der Waals surface area contributed by atoms with Crippen molar-refractivity contribution in [2.45, 2.75) is 11.1 Å². The van der Waals surface area contributed by atoms with Gasteiger partial charge in [-0.15, -0.1) is 5.10 Å². The number of hydrogen-bond donors (Lipinski definition) is 1. The summed E-state index contributed by atoms with van der Waals surface area (Å²) < 4.78 is 27.2. The minimum Gasteiger partial charge on any atom is -0.480 e. The molecule has 19 heavy (non-hydrogen) atoms. The molecule has 2 heterocycles. The van der Waals surface area contributed by atoms with E-state index in [1.54, 1.807) is 0 Å². The second-order valence-electron chi connectivity index (χ2n) is 3.85. The summed E-state index contributed by atoms with van der Waals surface area (Å²) >= 11 is 4.44. The minimum atomic E-state index is -3.94. The number of carboxylic acid groups (broad SMARTS) is 1. The number of aromatic nitrogens is 3. The number of aryl methyl sites for hydroxylation is 1. The number of thioether (sulfide) groups is 1. The van der Waals surface area contributed by atoms with Crippen LogP contribution < -0.4 is 0 Å². The molecule has 2 rings (SSSR count). The largest absolute Gasteiger partial charge is 0.480 e. The Balaban J connectivity index is 2.46. The fourth-order valence-corrected chi connectivity index (χ4v) is 5.65. The summed E-state index contributed by atoms with van der Waals surface area (Å²) in [5, 5.41) is 16.2. The molecule has 106 valence electrons. The number of rotatable bonds is 3. The van der Waals surface area contributed by atoms with Crippen LogP contribution in [0.2, 0.25) is 0 Å². The smallest absolute Gasteiger partial charge is 0.322 e. The Morgan fingerprint density at radius 1 is 1.58 bits per heavy atom. The summed E-state index contributed by atoms with van der Waals surface area (Å²) in [4.78, 5) is 11.2. The predicted octanol–water partition coefficient (Wildman–Crippen LogP) is -0.232. The van der Waals surface area contributed by atoms with Gasteiger partial charge in [0.2, 0.25) is 5.03 Å². The quantitative estimate of drug-likeness (QED) is 0.782. The highest BCUT2D eigenvalue weighted by Gasteiger charge is 2.40. The first kappa shape index (κ1) is 14.8. The maximum absolute atomic E-state index is 12.5. The summed E-state index contributed by atoms with van der Waals surface area (Å²) in [5.74, 6) is -0.356. The van der Waals surface area contributed by atoms with E-state index in [0.29, 0.717) is 5.75 Å². The first-order valence-electron chi connectivity index (χ1n) is 5.23. The number of carboxylic acids is 1. The summed E-state index contributed by atoms with van der Waals surface area (Å²) in [6.45, 7) is 0.154. The normalized spacial score (nSPS) is 21.5. The molecule has 1 unspecified atom stereocenters. The van der Waals surface area contributed by atoms with Crippen LogP contribution >= 0.6 is 27.7 Å². The number of nitrogens with zero attached hydrogens (tertiary/aromatic N) is 4. The van der Waals surface area contributed by atoms with Crippen LogP contribution in [0.5, 0.6) is 0 Å². The molecule has 0 saturated carbocycles. The van der Waals surface area contributed by atoms with E-state index in [1.807, 2.05) is 0 Å². The molecule has 0 bridgehead atoms. The number of carbonyl (C=O) groups is 1. The summed E-state index contributed by atoms with van der Waals surface area (Å²) in [5.41, 5.74) is 0. The molecule has 0 spiro atoms. The Morgan fingerprint density at radius 2 is 2.26 bits per heavy atom. The van der Waals surface area contributed by atoms with E-state index in [0.717, 1.165) is 8.99 Å². The van der Waals surface area contributed by atoms with E-state index in [2.05, 4.69) is 26.2 Å². The van der Waals surface area contributed by atoms with Crippen molar-refractivity contribution < 1.29 is 18.3 Å². The van der Waals surface area contributed by atoms with Gasteiger partial charge in [-0.1, -0.05) is 5.21 Å². The van der Waals surface area contributed by atoms with Crippen molar-refractivity contribution in [3.05, 3.63) is 4.60 Å². The van der Waals surface area contributed by atoms with Gasteiger partial charge in [0.05, 0.1) is 0 Å². The van der Waals surface area contributed by atoms with Gasteiger partial charge in [-0.3, -0.25) is 4.79 Å². The summed E-state index contributed by atoms with van der Waals surface area (Å²) in [6, 6.07) is -1.06. The lowest BCUT2D eigenvalue weighted by atomic mass is 10.3. The zero-order chi connectivity index (χ0) is 14.2. The van der Waals surface area contributed by atoms with Crippen molar-refractivity contribution in [3.63, 3.8) is 0 Å². The van der Waals surface area contributed by atoms with E-state index < -0.39 is 22.0 Å². The molecule has 1 saturated heterocycles. The zero-order valence-corrected chi connectivity index (χ0v) is 13.1. The highest BCUT2D eigenvalue weighted by molar-refractivity contribution is 9.10. The molecule has 0 aromatic carbocycles. The monoisotopic (exact) mass is 370 g/mol. The Labute approximate surface area is 122 Å². The highest BCUT2D eigenvalue weighted by Crippen LogP contribution is 2.27. The van der Waals surface area contributed by atoms with Crippen molar-refractivity contribution in [2.24, 2.45) is 7.05 Å². The highest BCUT2D eigenvalue weighted by atomic mass is 79.9. The predicted molar refractivity (Wildman–Crippen MR) is 71.3 cm³/mol. The van der Waals surface area contributed by atoms with Crippen LogP contribution in [-0.2, 0) is 21.9 Å². The Bertz CT molecular complexity index is 582. The fourth-order valence-electron chi connectivity index (χ4n) is 1.78. The van der Waals surface area contributed by atoms with Crippen LogP contribution in [0.15, 0.2) is 9.63 Å². The first-order chi connectivity index (χ1) is 8.85. The van der Waals surface area contributed by atoms with Gasteiger partial charge in [0.1, 0.15) is 6.04 Å². The fraction of sp³-hybridized carbons (Fsp3) is 0.625. The Morgan fingerprint density at radius 3 is 2.79 bits per heavy atom. The van der Waals surface area contributed by atoms with Crippen LogP contribution in [0.1, 0.15) is 0 Å². The zero-order valence-electron chi connectivity index (χ0n) is 9.85. The molecule has 0 amide bonds. The summed E-state index contributed by atoms with van der Waals surface area (Å²) in [6.07, 6.45) is 0. The standard InChI is InChI=1S/C8H11BrN4O4S2/c1-12-7(6(9)10-11-12)19(16,17)13-2-3-18-4-5(13)8(14)15/h5H,2-4H2,1H3,(H,14,15). The Hall–Kier alpha value is -0.650. The minimum absolute atomic E-state index is 0.0809. The van der Waals surface area contributed by atoms with Gasteiger partial charge < -0.3 is 5.11 Å². The third-order valence-electron chi connectivity index (χ3n) is 2.65. The topological polar surface area (TPSA) is 105 Å². The molecule has 1 aliphatic heterocycles. The maximum Gasteiger partial charge on any atom is 0.322 e. The number of sulfonamides is 1. The van der Waals surface area contributed by atoms with E-state index in [4.69, 9.17) is 5.11 Å². The van der Waals surface area contributed by atoms with Crippen molar-refractivity contribution in [3.8, 4) is 0 Å². The maximum atomic E-state index is 12.5. The number of halogens is 1. The van der Waals surface area contributed by atoms with E-state index in [-0.39, 0.29) is 21.9 Å². The molecule has 8 nitrogen and oxygen atoms in total. The molecule has 0 aliphatic carbocycles. The first-order valence-corrected chi connectivity index (χ1v) is 8.62. The van der Waals surface area contributed by atoms with Crippen molar-refractivity contribution >= 4 is 43.7 Å². The lowest BCUT2D eigenvalue weighted by molar-refractivity contribution is -0.140. The van der Waals surface area contributed by atoms with Gasteiger partial charge in [0.15, 0.2) is 4.60 Å². The van der Waals surface area contributed by atoms with E-state index in [9.17, 15) is 13.2 Å². The second kappa shape index (κ2) is 5.38. The van der Waals surface area contributed by atoms with Crippen molar-refractivity contribution in [2.75, 3.05) is 18.1 Å². The van der Waals surface area contributed by atoms with Crippen molar-refractivity contribution in [1.82, 2.24) is 19.3 Å². The van der Waals surface area contributed by atoms with Crippen LogP contribution in [0.25, 0.3) is 0 Å². The summed E-state index contributed by atoms with van der Waals surface area (Å²) in [7, 11) is -2.50.